The maximum atomic E-state index is 13.4. The molecule has 3 fully saturated rings. The van der Waals surface area contributed by atoms with E-state index in [2.05, 4.69) is 15.4 Å². The second-order valence-electron chi connectivity index (χ2n) is 9.75. The van der Waals surface area contributed by atoms with Gasteiger partial charge in [0.25, 0.3) is 0 Å². The van der Waals surface area contributed by atoms with E-state index in [1.165, 1.54) is 10.9 Å². The number of fused-ring (bicyclic) bond motifs is 2. The molecule has 0 spiro atoms. The molecule has 2 aliphatic carbocycles. The van der Waals surface area contributed by atoms with Gasteiger partial charge in [0.2, 0.25) is 11.8 Å². The van der Waals surface area contributed by atoms with Gasteiger partial charge in [0.05, 0.1) is 11.7 Å². The molecule has 6 rings (SSSR count). The van der Waals surface area contributed by atoms with Crippen LogP contribution in [-0.4, -0.2) is 60.7 Å². The Labute approximate surface area is 206 Å². The molecule has 2 aromatic heterocycles. The summed E-state index contributed by atoms with van der Waals surface area (Å²) in [6, 6.07) is 8.85. The lowest BCUT2D eigenvalue weighted by molar-refractivity contribution is -0.140. The number of piperidine rings is 1. The van der Waals surface area contributed by atoms with Gasteiger partial charge in [-0.25, -0.2) is 4.79 Å². The van der Waals surface area contributed by atoms with E-state index in [0.29, 0.717) is 34.0 Å². The van der Waals surface area contributed by atoms with E-state index in [1.54, 1.807) is 17.9 Å². The highest BCUT2D eigenvalue weighted by molar-refractivity contribution is 6.31. The third-order valence-corrected chi connectivity index (χ3v) is 7.72. The van der Waals surface area contributed by atoms with Gasteiger partial charge in [-0.15, -0.1) is 0 Å². The molecule has 3 aromatic rings. The summed E-state index contributed by atoms with van der Waals surface area (Å²) in [5.74, 6) is -1.02. The van der Waals surface area contributed by atoms with E-state index >= 15 is 0 Å². The molecule has 2 amide bonds. The van der Waals surface area contributed by atoms with Crippen LogP contribution >= 0.6 is 11.6 Å². The molecule has 5 atom stereocenters. The molecule has 0 radical (unpaired) electrons. The number of hydrogen-bond donors (Lipinski definition) is 2. The molecule has 2 saturated carbocycles. The van der Waals surface area contributed by atoms with Crippen LogP contribution < -0.4 is 5.32 Å². The number of carboxylic acids is 1. The van der Waals surface area contributed by atoms with Gasteiger partial charge in [-0.05, 0) is 49.8 Å². The van der Waals surface area contributed by atoms with Crippen LogP contribution in [-0.2, 0) is 16.1 Å². The number of pyridine rings is 1. The summed E-state index contributed by atoms with van der Waals surface area (Å²) in [6.45, 7) is 1.62. The number of aryl methyl sites for hydroxylation is 1. The Kier molecular flexibility index (Phi) is 5.07. The molecular formula is C25H24ClN5O4. The average Bonchev–Trinajstić information content (AvgIpc) is 3.69. The number of amides is 2. The normalized spacial score (nSPS) is 26.5. The standard InChI is InChI=1S/C25H24ClN5O4/c1-12-6-16-21(10-27-12)30(29-23(16)25(34)35)11-22(32)31-19-7-13(19)8-20(31)24(33)28-18-9-15(18)14-4-2-3-5-17(14)26/h2-6,10,13,15,18-20H,7-9,11H2,1H3,(H,28,33)(H,34,35)/t13-,15+,18-,19-,20+/m1/s1. The van der Waals surface area contributed by atoms with Crippen LogP contribution in [0.2, 0.25) is 5.02 Å². The molecule has 1 aliphatic heterocycles. The molecule has 180 valence electrons. The summed E-state index contributed by atoms with van der Waals surface area (Å²) < 4.78 is 1.38. The Hall–Kier alpha value is -3.46. The van der Waals surface area contributed by atoms with Crippen LogP contribution in [0.1, 0.15) is 46.9 Å². The fourth-order valence-corrected chi connectivity index (χ4v) is 5.74. The van der Waals surface area contributed by atoms with Crippen molar-refractivity contribution in [3.63, 3.8) is 0 Å². The summed E-state index contributed by atoms with van der Waals surface area (Å²) in [4.78, 5) is 44.2. The maximum absolute atomic E-state index is 13.4. The summed E-state index contributed by atoms with van der Waals surface area (Å²) >= 11 is 6.31. The Morgan fingerprint density at radius 2 is 2.00 bits per heavy atom. The molecule has 3 aliphatic rings. The number of halogens is 1. The Morgan fingerprint density at radius 3 is 2.77 bits per heavy atom. The Bertz CT molecular complexity index is 1390. The minimum Gasteiger partial charge on any atom is -0.476 e. The van der Waals surface area contributed by atoms with Crippen LogP contribution in [0.25, 0.3) is 10.9 Å². The lowest BCUT2D eigenvalue weighted by Crippen LogP contribution is -2.49. The number of benzene rings is 1. The number of rotatable bonds is 6. The van der Waals surface area contributed by atoms with Gasteiger partial charge in [0.1, 0.15) is 12.6 Å². The number of carboxylic acid groups (broad SMARTS) is 1. The second-order valence-corrected chi connectivity index (χ2v) is 10.2. The summed E-state index contributed by atoms with van der Waals surface area (Å²) in [6.07, 6.45) is 3.90. The van der Waals surface area contributed by atoms with Crippen molar-refractivity contribution >= 4 is 40.3 Å². The third kappa shape index (κ3) is 3.83. The lowest BCUT2D eigenvalue weighted by atomic mass is 10.1. The van der Waals surface area contributed by atoms with Crippen molar-refractivity contribution in [2.45, 2.75) is 56.8 Å². The van der Waals surface area contributed by atoms with Gasteiger partial charge in [0, 0.05) is 34.1 Å². The van der Waals surface area contributed by atoms with E-state index in [-0.39, 0.29) is 42.1 Å². The van der Waals surface area contributed by atoms with E-state index in [9.17, 15) is 19.5 Å². The number of hydrogen-bond acceptors (Lipinski definition) is 5. The van der Waals surface area contributed by atoms with Crippen molar-refractivity contribution in [1.29, 1.82) is 0 Å². The number of carbonyl (C=O) groups is 3. The van der Waals surface area contributed by atoms with Crippen LogP contribution in [0.3, 0.4) is 0 Å². The molecule has 3 heterocycles. The molecular weight excluding hydrogens is 470 g/mol. The van der Waals surface area contributed by atoms with E-state index < -0.39 is 12.0 Å². The smallest absolute Gasteiger partial charge is 0.357 e. The summed E-state index contributed by atoms with van der Waals surface area (Å²) in [5.41, 5.74) is 2.07. The van der Waals surface area contributed by atoms with Gasteiger partial charge in [0.15, 0.2) is 5.69 Å². The maximum Gasteiger partial charge on any atom is 0.357 e. The summed E-state index contributed by atoms with van der Waals surface area (Å²) in [7, 11) is 0. The van der Waals surface area contributed by atoms with E-state index in [4.69, 9.17) is 11.6 Å². The number of carbonyl (C=O) groups excluding carboxylic acids is 2. The minimum atomic E-state index is -1.16. The highest BCUT2D eigenvalue weighted by atomic mass is 35.5. The molecule has 10 heteroatoms. The first-order chi connectivity index (χ1) is 16.8. The molecule has 1 saturated heterocycles. The Morgan fingerprint density at radius 1 is 1.20 bits per heavy atom. The van der Waals surface area contributed by atoms with Crippen molar-refractivity contribution in [1.82, 2.24) is 25.0 Å². The van der Waals surface area contributed by atoms with Crippen LogP contribution in [0.15, 0.2) is 36.5 Å². The van der Waals surface area contributed by atoms with E-state index in [1.807, 2.05) is 24.3 Å². The third-order valence-electron chi connectivity index (χ3n) is 7.38. The minimum absolute atomic E-state index is 0.0128. The molecule has 2 N–H and O–H groups in total. The lowest BCUT2D eigenvalue weighted by Gasteiger charge is -2.27. The van der Waals surface area contributed by atoms with Gasteiger partial charge in [-0.1, -0.05) is 29.8 Å². The molecule has 9 nitrogen and oxygen atoms in total. The first kappa shape index (κ1) is 22.0. The molecule has 0 unspecified atom stereocenters. The number of aromatic carboxylic acids is 1. The predicted molar refractivity (Wildman–Crippen MR) is 127 cm³/mol. The zero-order chi connectivity index (χ0) is 24.4. The average molecular weight is 494 g/mol. The summed E-state index contributed by atoms with van der Waals surface area (Å²) in [5, 5.41) is 18.0. The van der Waals surface area contributed by atoms with Crippen molar-refractivity contribution < 1.29 is 19.5 Å². The fraction of sp³-hybridized carbons (Fsp3) is 0.400. The van der Waals surface area contributed by atoms with Crippen LogP contribution in [0.5, 0.6) is 0 Å². The van der Waals surface area contributed by atoms with Gasteiger partial charge in [-0.3, -0.25) is 19.3 Å². The van der Waals surface area contributed by atoms with Crippen LogP contribution in [0, 0.1) is 12.8 Å². The topological polar surface area (TPSA) is 117 Å². The number of nitrogens with zero attached hydrogens (tertiary/aromatic N) is 4. The van der Waals surface area contributed by atoms with E-state index in [0.717, 1.165) is 18.4 Å². The van der Waals surface area contributed by atoms with Gasteiger partial charge in [-0.2, -0.15) is 5.10 Å². The number of likely N-dealkylation sites (tertiary alicyclic amines) is 1. The van der Waals surface area contributed by atoms with Crippen LogP contribution in [0.4, 0.5) is 0 Å². The highest BCUT2D eigenvalue weighted by Crippen LogP contribution is 2.49. The zero-order valence-corrected chi connectivity index (χ0v) is 19.8. The second kappa shape index (κ2) is 8.05. The quantitative estimate of drug-likeness (QED) is 0.545. The number of nitrogens with one attached hydrogen (secondary N) is 1. The SMILES string of the molecule is Cc1cc2c(C(=O)O)nn(CC(=O)N3[C@@H]4C[C@@H]4C[C@H]3C(=O)N[C@@H]3C[C@H]3c3ccccc3Cl)c2cn1. The molecule has 0 bridgehead atoms. The first-order valence-corrected chi connectivity index (χ1v) is 12.1. The molecule has 35 heavy (non-hydrogen) atoms. The largest absolute Gasteiger partial charge is 0.476 e. The predicted octanol–water partition coefficient (Wildman–Crippen LogP) is 2.75. The van der Waals surface area contributed by atoms with Crippen molar-refractivity contribution in [2.75, 3.05) is 0 Å². The van der Waals surface area contributed by atoms with Gasteiger partial charge >= 0.3 is 5.97 Å². The van der Waals surface area contributed by atoms with Gasteiger partial charge < -0.3 is 15.3 Å². The van der Waals surface area contributed by atoms with Crippen molar-refractivity contribution in [2.24, 2.45) is 5.92 Å². The Balaban J connectivity index is 1.18. The monoisotopic (exact) mass is 493 g/mol. The fourth-order valence-electron chi connectivity index (χ4n) is 5.47. The van der Waals surface area contributed by atoms with Crippen molar-refractivity contribution in [3.8, 4) is 0 Å². The highest BCUT2D eigenvalue weighted by Gasteiger charge is 2.56. The first-order valence-electron chi connectivity index (χ1n) is 11.7. The number of aromatic nitrogens is 3. The molecule has 1 aromatic carbocycles. The zero-order valence-electron chi connectivity index (χ0n) is 19.0. The van der Waals surface area contributed by atoms with Crippen molar-refractivity contribution in [3.05, 3.63) is 58.5 Å².